The van der Waals surface area contributed by atoms with Gasteiger partial charge in [-0.3, -0.25) is 13.5 Å². The largest absolute Gasteiger partial charge is 0.397 e. The van der Waals surface area contributed by atoms with Crippen LogP contribution in [0.25, 0.3) is 11.2 Å². The van der Waals surface area contributed by atoms with Gasteiger partial charge in [-0.25, -0.2) is 14.7 Å². The van der Waals surface area contributed by atoms with Crippen LogP contribution in [0.5, 0.6) is 0 Å². The molecule has 0 spiro atoms. The van der Waals surface area contributed by atoms with Crippen molar-refractivity contribution in [3.63, 3.8) is 0 Å². The first kappa shape index (κ1) is 28.2. The van der Waals surface area contributed by atoms with E-state index in [-0.39, 0.29) is 16.8 Å². The molecular formula is C23H25F2N5O9S. The topological polar surface area (TPSA) is 219 Å². The van der Waals surface area contributed by atoms with Crippen LogP contribution in [-0.2, 0) is 29.6 Å². The van der Waals surface area contributed by atoms with Gasteiger partial charge in [0.25, 0.3) is 0 Å². The van der Waals surface area contributed by atoms with E-state index in [9.17, 15) is 42.4 Å². The van der Waals surface area contributed by atoms with Crippen molar-refractivity contribution >= 4 is 33.1 Å². The van der Waals surface area contributed by atoms with Gasteiger partial charge in [-0.2, -0.15) is 17.2 Å². The number of hydrogen-bond acceptors (Lipinski definition) is 12. The molecule has 1 fully saturated rings. The molecule has 1 saturated heterocycles. The van der Waals surface area contributed by atoms with Crippen molar-refractivity contribution in [1.29, 1.82) is 0 Å². The maximum Gasteiger partial charge on any atom is 0.362 e. The summed E-state index contributed by atoms with van der Waals surface area (Å²) in [5.41, 5.74) is 3.31. The molecule has 0 unspecified atom stereocenters. The molecule has 1 aromatic carbocycles. The van der Waals surface area contributed by atoms with Gasteiger partial charge in [0, 0.05) is 12.6 Å². The number of carbonyl (C=O) groups excluding carboxylic acids is 1. The fourth-order valence-corrected chi connectivity index (χ4v) is 5.67. The minimum Gasteiger partial charge on any atom is -0.397 e. The van der Waals surface area contributed by atoms with Gasteiger partial charge in [0.05, 0.1) is 18.6 Å². The molecule has 3 heterocycles. The lowest BCUT2D eigenvalue weighted by molar-refractivity contribution is -0.226. The normalized spacial score (nSPS) is 29.5. The molecule has 1 amide bonds. The molecule has 1 aliphatic carbocycles. The predicted molar refractivity (Wildman–Crippen MR) is 130 cm³/mol. The van der Waals surface area contributed by atoms with Crippen LogP contribution in [0.4, 0.5) is 14.5 Å². The molecular weight excluding hydrogens is 560 g/mol. The van der Waals surface area contributed by atoms with Gasteiger partial charge in [-0.05, 0) is 23.6 Å². The molecule has 5 rings (SSSR count). The Kier molecular flexibility index (Phi) is 7.02. The van der Waals surface area contributed by atoms with E-state index in [2.05, 4.69) is 9.97 Å². The minimum absolute atomic E-state index is 0.204. The molecule has 216 valence electrons. The predicted octanol–water partition coefficient (Wildman–Crippen LogP) is -0.639. The molecule has 3 aromatic rings. The van der Waals surface area contributed by atoms with Crippen LogP contribution >= 0.6 is 0 Å². The van der Waals surface area contributed by atoms with Crippen LogP contribution in [0.2, 0.25) is 0 Å². The molecule has 40 heavy (non-hydrogen) atoms. The zero-order chi connectivity index (χ0) is 29.0. The SMILES string of the molecule is Nc1ccnc2c1ncn2[C@@H]1O[C@H](COS(=O)(=O)NC(=O)CC[C@]2(O)c3ccccc3[C@@H](O)C2(F)F)[C@@H](O)[C@H]1O. The van der Waals surface area contributed by atoms with Gasteiger partial charge in [0.1, 0.15) is 29.9 Å². The number of aromatic nitrogens is 3. The van der Waals surface area contributed by atoms with E-state index < -0.39 is 77.8 Å². The Morgan fingerprint density at radius 3 is 2.65 bits per heavy atom. The van der Waals surface area contributed by atoms with Gasteiger partial charge in [0.15, 0.2) is 17.5 Å². The third-order valence-corrected chi connectivity index (χ3v) is 7.96. The third kappa shape index (κ3) is 4.58. The number of aliphatic hydroxyl groups excluding tert-OH is 3. The van der Waals surface area contributed by atoms with Crippen LogP contribution in [0.3, 0.4) is 0 Å². The van der Waals surface area contributed by atoms with Gasteiger partial charge >= 0.3 is 16.2 Å². The molecule has 0 radical (unpaired) electrons. The summed E-state index contributed by atoms with van der Waals surface area (Å²) in [6, 6.07) is 6.68. The Morgan fingerprint density at radius 1 is 1.18 bits per heavy atom. The van der Waals surface area contributed by atoms with Crippen molar-refractivity contribution in [1.82, 2.24) is 19.3 Å². The summed E-state index contributed by atoms with van der Waals surface area (Å²) in [5.74, 6) is -5.32. The van der Waals surface area contributed by atoms with Gasteiger partial charge in [-0.15, -0.1) is 0 Å². The van der Waals surface area contributed by atoms with Crippen molar-refractivity contribution in [2.75, 3.05) is 12.3 Å². The average molecular weight is 586 g/mol. The molecule has 1 aliphatic heterocycles. The monoisotopic (exact) mass is 585 g/mol. The maximum absolute atomic E-state index is 14.7. The second-order valence-electron chi connectivity index (χ2n) is 9.51. The number of halogens is 2. The summed E-state index contributed by atoms with van der Waals surface area (Å²) in [6.07, 6.45) is -7.18. The second kappa shape index (κ2) is 9.95. The Morgan fingerprint density at radius 2 is 1.90 bits per heavy atom. The Labute approximate surface area is 225 Å². The summed E-state index contributed by atoms with van der Waals surface area (Å²) in [4.78, 5) is 20.5. The number of anilines is 1. The molecule has 2 aromatic heterocycles. The fraction of sp³-hybridized carbons (Fsp3) is 0.435. The van der Waals surface area contributed by atoms with E-state index in [0.717, 1.165) is 0 Å². The lowest BCUT2D eigenvalue weighted by atomic mass is 9.88. The summed E-state index contributed by atoms with van der Waals surface area (Å²) < 4.78 is 67.2. The highest BCUT2D eigenvalue weighted by atomic mass is 32.2. The van der Waals surface area contributed by atoms with Crippen molar-refractivity contribution in [2.45, 2.75) is 55.0 Å². The highest BCUT2D eigenvalue weighted by Gasteiger charge is 2.64. The summed E-state index contributed by atoms with van der Waals surface area (Å²) >= 11 is 0. The summed E-state index contributed by atoms with van der Waals surface area (Å²) in [6.45, 7) is -0.832. The van der Waals surface area contributed by atoms with Crippen LogP contribution in [0.15, 0.2) is 42.9 Å². The van der Waals surface area contributed by atoms with Crippen LogP contribution in [0.1, 0.15) is 36.3 Å². The van der Waals surface area contributed by atoms with Crippen LogP contribution in [-0.4, -0.2) is 80.1 Å². The molecule has 17 heteroatoms. The molecule has 2 aliphatic rings. The number of alkyl halides is 2. The van der Waals surface area contributed by atoms with Crippen molar-refractivity contribution in [2.24, 2.45) is 0 Å². The number of nitrogens with two attached hydrogens (primary N) is 1. The molecule has 7 N–H and O–H groups in total. The first-order valence-electron chi connectivity index (χ1n) is 11.9. The summed E-state index contributed by atoms with van der Waals surface area (Å²) in [7, 11) is -4.83. The lowest BCUT2D eigenvalue weighted by Crippen LogP contribution is -2.45. The highest BCUT2D eigenvalue weighted by Crippen LogP contribution is 2.56. The van der Waals surface area contributed by atoms with Crippen LogP contribution in [0, 0.1) is 0 Å². The number of amides is 1. The number of aliphatic hydroxyl groups is 4. The van der Waals surface area contributed by atoms with E-state index in [1.54, 1.807) is 0 Å². The number of ether oxygens (including phenoxy) is 1. The quantitative estimate of drug-likeness (QED) is 0.194. The van der Waals surface area contributed by atoms with Gasteiger partial charge in [-0.1, -0.05) is 24.3 Å². The van der Waals surface area contributed by atoms with E-state index in [1.807, 2.05) is 0 Å². The number of fused-ring (bicyclic) bond motifs is 2. The van der Waals surface area contributed by atoms with E-state index in [4.69, 9.17) is 14.7 Å². The maximum atomic E-state index is 14.7. The number of pyridine rings is 1. The molecule has 14 nitrogen and oxygen atoms in total. The molecule has 0 bridgehead atoms. The van der Waals surface area contributed by atoms with E-state index >= 15 is 0 Å². The summed E-state index contributed by atoms with van der Waals surface area (Å²) in [5, 5.41) is 41.5. The standard InChI is InChI=1S/C23H25F2N5O9S/c24-23(25)19(34)11-3-1-2-4-12(11)22(23,35)7-5-15(31)29-40(36,37)38-9-14-17(32)18(33)21(39-14)30-10-28-16-13(26)6-8-27-20(16)30/h1-4,6,8,10,14,17-19,21,32-35H,5,7,9H2,(H2,26,27)(H,29,31)/t14-,17-,18-,19-,21-,22+/m1/s1. The number of nitrogens with one attached hydrogen (secondary N) is 1. The second-order valence-corrected chi connectivity index (χ2v) is 10.9. The third-order valence-electron chi connectivity index (χ3n) is 7.04. The van der Waals surface area contributed by atoms with Crippen molar-refractivity contribution < 1.29 is 51.3 Å². The van der Waals surface area contributed by atoms with Gasteiger partial charge < -0.3 is 30.9 Å². The van der Waals surface area contributed by atoms with E-state index in [1.165, 1.54) is 52.1 Å². The van der Waals surface area contributed by atoms with Crippen LogP contribution < -0.4 is 10.5 Å². The Balaban J connectivity index is 1.20. The zero-order valence-electron chi connectivity index (χ0n) is 20.5. The minimum atomic E-state index is -4.83. The number of carbonyl (C=O) groups is 1. The Hall–Kier alpha value is -3.32. The number of benzene rings is 1. The zero-order valence-corrected chi connectivity index (χ0v) is 21.3. The number of imidazole rings is 1. The first-order valence-corrected chi connectivity index (χ1v) is 13.3. The molecule has 6 atom stereocenters. The number of hydrogen-bond donors (Lipinski definition) is 6. The number of nitrogen functional groups attached to an aromatic ring is 1. The fourth-order valence-electron chi connectivity index (χ4n) is 4.92. The van der Waals surface area contributed by atoms with E-state index in [0.29, 0.717) is 11.2 Å². The average Bonchev–Trinajstić information content (AvgIpc) is 3.50. The van der Waals surface area contributed by atoms with Crippen molar-refractivity contribution in [3.8, 4) is 0 Å². The van der Waals surface area contributed by atoms with Gasteiger partial charge in [0.2, 0.25) is 5.91 Å². The Bertz CT molecular complexity index is 1550. The van der Waals surface area contributed by atoms with Crippen molar-refractivity contribution in [3.05, 3.63) is 54.0 Å². The number of rotatable bonds is 8. The smallest absolute Gasteiger partial charge is 0.362 e. The molecule has 0 saturated carbocycles. The number of nitrogens with zero attached hydrogens (tertiary/aromatic N) is 3. The lowest BCUT2D eigenvalue weighted by Gasteiger charge is -2.31. The highest BCUT2D eigenvalue weighted by molar-refractivity contribution is 7.85. The first-order chi connectivity index (χ1) is 18.8.